The standard InChI is InChI=1S/C9H9N3O8/c13-9(14)6-20-12(17)19-5-8-3-1-2-7(10-8)4-18-11(15)16/h1-3H,4-6H2/p+1. The molecule has 0 unspecified atom stereocenters. The Morgan fingerprint density at radius 3 is 2.35 bits per heavy atom. The molecule has 0 spiro atoms. The van der Waals surface area contributed by atoms with Crippen molar-refractivity contribution in [2.24, 2.45) is 0 Å². The van der Waals surface area contributed by atoms with E-state index in [0.717, 1.165) is 0 Å². The van der Waals surface area contributed by atoms with Crippen molar-refractivity contribution in [2.45, 2.75) is 13.2 Å². The van der Waals surface area contributed by atoms with E-state index < -0.39 is 17.7 Å². The van der Waals surface area contributed by atoms with Gasteiger partial charge >= 0.3 is 11.1 Å². The van der Waals surface area contributed by atoms with E-state index in [1.165, 1.54) is 18.2 Å². The molecule has 11 heteroatoms. The van der Waals surface area contributed by atoms with Crippen LogP contribution in [0.3, 0.4) is 0 Å². The van der Waals surface area contributed by atoms with Gasteiger partial charge in [-0.1, -0.05) is 6.07 Å². The summed E-state index contributed by atoms with van der Waals surface area (Å²) in [5, 5.41) is 17.0. The summed E-state index contributed by atoms with van der Waals surface area (Å²) in [4.78, 5) is 47.7. The van der Waals surface area contributed by atoms with Gasteiger partial charge in [-0.2, -0.15) is 9.68 Å². The number of carbonyl (C=O) groups is 1. The topological polar surface area (TPSA) is 141 Å². The van der Waals surface area contributed by atoms with Gasteiger partial charge in [-0.3, -0.25) is 4.98 Å². The van der Waals surface area contributed by atoms with Crippen molar-refractivity contribution in [3.8, 4) is 0 Å². The van der Waals surface area contributed by atoms with Gasteiger partial charge in [0.05, 0.1) is 11.4 Å². The van der Waals surface area contributed by atoms with E-state index in [2.05, 4.69) is 19.5 Å². The summed E-state index contributed by atoms with van der Waals surface area (Å²) < 4.78 is 0. The molecular formula is C9H10N3O8+. The summed E-state index contributed by atoms with van der Waals surface area (Å²) in [6, 6.07) is 4.53. The van der Waals surface area contributed by atoms with Crippen LogP contribution in [0.1, 0.15) is 11.4 Å². The highest BCUT2D eigenvalue weighted by Gasteiger charge is 2.16. The van der Waals surface area contributed by atoms with Crippen LogP contribution in [0.15, 0.2) is 18.2 Å². The number of aliphatic carboxylic acids is 1. The number of hydrogen-bond acceptors (Lipinski definition) is 8. The van der Waals surface area contributed by atoms with Gasteiger partial charge in [-0.25, -0.2) is 4.79 Å². The lowest BCUT2D eigenvalue weighted by molar-refractivity contribution is -0.983. The molecule has 0 aliphatic heterocycles. The summed E-state index contributed by atoms with van der Waals surface area (Å²) >= 11 is 0. The number of aromatic nitrogens is 1. The van der Waals surface area contributed by atoms with Crippen molar-refractivity contribution in [3.05, 3.63) is 44.6 Å². The fraction of sp³-hybridized carbons (Fsp3) is 0.333. The Bertz CT molecular complexity index is 506. The monoisotopic (exact) mass is 288 g/mol. The second-order valence-electron chi connectivity index (χ2n) is 3.28. The van der Waals surface area contributed by atoms with E-state index in [0.29, 0.717) is 0 Å². The lowest BCUT2D eigenvalue weighted by Gasteiger charge is -2.01. The molecule has 0 saturated carbocycles. The lowest BCUT2D eigenvalue weighted by atomic mass is 10.3. The minimum absolute atomic E-state index is 0.270. The van der Waals surface area contributed by atoms with Crippen LogP contribution in [0.5, 0.6) is 0 Å². The molecule has 0 bridgehead atoms. The zero-order chi connectivity index (χ0) is 15.0. The van der Waals surface area contributed by atoms with E-state index in [1.54, 1.807) is 0 Å². The van der Waals surface area contributed by atoms with Crippen molar-refractivity contribution in [2.75, 3.05) is 6.61 Å². The summed E-state index contributed by atoms with van der Waals surface area (Å²) in [5.74, 6) is -1.33. The van der Waals surface area contributed by atoms with Crippen LogP contribution in [0.2, 0.25) is 0 Å². The number of nitrogens with zero attached hydrogens (tertiary/aromatic N) is 3. The van der Waals surface area contributed by atoms with Gasteiger partial charge in [-0.05, 0) is 12.1 Å². The van der Waals surface area contributed by atoms with Crippen LogP contribution < -0.4 is 0 Å². The van der Waals surface area contributed by atoms with Crippen LogP contribution in [-0.4, -0.2) is 32.8 Å². The van der Waals surface area contributed by atoms with Gasteiger partial charge < -0.3 is 9.94 Å². The van der Waals surface area contributed by atoms with E-state index in [1.807, 2.05) is 0 Å². The predicted octanol–water partition coefficient (Wildman–Crippen LogP) is 0.0166. The van der Waals surface area contributed by atoms with Gasteiger partial charge in [0.15, 0.2) is 0 Å². The number of carboxylic acid groups (broad SMARTS) is 1. The predicted molar refractivity (Wildman–Crippen MR) is 58.0 cm³/mol. The van der Waals surface area contributed by atoms with Gasteiger partial charge in [0.1, 0.15) is 11.5 Å². The van der Waals surface area contributed by atoms with Crippen molar-refractivity contribution >= 4 is 5.97 Å². The minimum atomic E-state index is -1.33. The van der Waals surface area contributed by atoms with E-state index in [9.17, 15) is 19.8 Å². The molecule has 108 valence electrons. The van der Waals surface area contributed by atoms with Gasteiger partial charge in [0, 0.05) is 0 Å². The molecule has 0 aromatic carbocycles. The Labute approximate surface area is 111 Å². The lowest BCUT2D eigenvalue weighted by Crippen LogP contribution is -2.16. The van der Waals surface area contributed by atoms with Crippen molar-refractivity contribution < 1.29 is 34.6 Å². The SMILES string of the molecule is O=C(O)CO[N+](=O)OCc1cccc(CO[N+](=O)[O-])n1. The van der Waals surface area contributed by atoms with Crippen molar-refractivity contribution in [1.29, 1.82) is 0 Å². The second-order valence-corrected chi connectivity index (χ2v) is 3.28. The first-order valence-corrected chi connectivity index (χ1v) is 5.14. The second kappa shape index (κ2) is 7.45. The minimum Gasteiger partial charge on any atom is -0.479 e. The highest BCUT2D eigenvalue weighted by molar-refractivity contribution is 5.67. The maximum Gasteiger partial charge on any atom is 0.478 e. The first-order chi connectivity index (χ1) is 9.47. The fourth-order valence-electron chi connectivity index (χ4n) is 1.07. The molecule has 0 fully saturated rings. The molecular weight excluding hydrogens is 278 g/mol. The fourth-order valence-corrected chi connectivity index (χ4v) is 1.07. The van der Waals surface area contributed by atoms with Crippen LogP contribution in [0.4, 0.5) is 0 Å². The summed E-state index contributed by atoms with van der Waals surface area (Å²) in [5.41, 5.74) is 0.556. The molecule has 0 aliphatic carbocycles. The third-order valence-electron chi connectivity index (χ3n) is 1.79. The maximum atomic E-state index is 10.9. The normalized spacial score (nSPS) is 9.60. The zero-order valence-electron chi connectivity index (χ0n) is 10.00. The third-order valence-corrected chi connectivity index (χ3v) is 1.79. The first kappa shape index (κ1) is 15.1. The molecule has 1 aromatic rings. The molecule has 0 radical (unpaired) electrons. The highest BCUT2D eigenvalue weighted by atomic mass is 17.0. The molecule has 1 aromatic heterocycles. The largest absolute Gasteiger partial charge is 0.479 e. The molecule has 1 N–H and O–H groups in total. The summed E-state index contributed by atoms with van der Waals surface area (Å²) in [7, 11) is 0. The van der Waals surface area contributed by atoms with Crippen LogP contribution in [0, 0.1) is 15.0 Å². The Balaban J connectivity index is 2.43. The van der Waals surface area contributed by atoms with Gasteiger partial charge in [0.2, 0.25) is 6.61 Å². The maximum absolute atomic E-state index is 10.9. The van der Waals surface area contributed by atoms with Gasteiger partial charge in [-0.15, -0.1) is 10.1 Å². The van der Waals surface area contributed by atoms with Crippen molar-refractivity contribution in [1.82, 2.24) is 4.98 Å². The third kappa shape index (κ3) is 6.09. The number of pyridine rings is 1. The summed E-state index contributed by atoms with van der Waals surface area (Å²) in [6.07, 6.45) is 0. The molecule has 0 amide bonds. The molecule has 0 saturated heterocycles. The van der Waals surface area contributed by atoms with Crippen molar-refractivity contribution in [3.63, 3.8) is 0 Å². The highest BCUT2D eigenvalue weighted by Crippen LogP contribution is 2.03. The first-order valence-electron chi connectivity index (χ1n) is 5.14. The summed E-state index contributed by atoms with van der Waals surface area (Å²) in [6.45, 7) is -1.47. The number of hydrogen-bond donors (Lipinski definition) is 1. The molecule has 0 aliphatic rings. The smallest absolute Gasteiger partial charge is 0.478 e. The average Bonchev–Trinajstić information content (AvgIpc) is 2.41. The molecule has 0 atom stereocenters. The Morgan fingerprint density at radius 1 is 1.20 bits per heavy atom. The van der Waals surface area contributed by atoms with Gasteiger partial charge in [0.25, 0.3) is 11.7 Å². The number of carboxylic acids is 1. The van der Waals surface area contributed by atoms with Crippen LogP contribution in [-0.2, 0) is 32.5 Å². The van der Waals surface area contributed by atoms with E-state index >= 15 is 0 Å². The van der Waals surface area contributed by atoms with E-state index in [4.69, 9.17) is 5.11 Å². The molecule has 1 rings (SSSR count). The zero-order valence-corrected chi connectivity index (χ0v) is 10.00. The molecule has 1 heterocycles. The van der Waals surface area contributed by atoms with Crippen LogP contribution >= 0.6 is 0 Å². The quantitative estimate of drug-likeness (QED) is 0.491. The average molecular weight is 288 g/mol. The Hall–Kier alpha value is -2.98. The molecule has 11 nitrogen and oxygen atoms in total. The molecule has 20 heavy (non-hydrogen) atoms. The number of rotatable bonds is 9. The van der Waals surface area contributed by atoms with Crippen LogP contribution in [0.25, 0.3) is 0 Å². The van der Waals surface area contributed by atoms with E-state index in [-0.39, 0.29) is 29.7 Å². The Kier molecular flexibility index (Phi) is 5.62. The Morgan fingerprint density at radius 2 is 1.80 bits per heavy atom.